The van der Waals surface area contributed by atoms with Gasteiger partial charge in [-0.15, -0.1) is 5.10 Å². The smallest absolute Gasteiger partial charge is 0.214 e. The maximum absolute atomic E-state index is 6.13. The van der Waals surface area contributed by atoms with Crippen molar-refractivity contribution in [3.8, 4) is 17.2 Å². The van der Waals surface area contributed by atoms with Gasteiger partial charge in [-0.05, 0) is 46.3 Å². The van der Waals surface area contributed by atoms with Crippen LogP contribution in [-0.4, -0.2) is 39.6 Å². The Morgan fingerprint density at radius 1 is 1.00 bits per heavy atom. The number of halogens is 2. The van der Waals surface area contributed by atoms with E-state index in [0.717, 1.165) is 34.3 Å². The molecule has 0 saturated carbocycles. The van der Waals surface area contributed by atoms with Crippen LogP contribution in [0.25, 0.3) is 5.69 Å². The largest absolute Gasteiger partial charge is 0.493 e. The van der Waals surface area contributed by atoms with Gasteiger partial charge in [0.15, 0.2) is 11.5 Å². The molecule has 0 atom stereocenters. The Labute approximate surface area is 212 Å². The Bertz CT molecular complexity index is 1220. The lowest BCUT2D eigenvalue weighted by molar-refractivity contribution is 0.281. The molecule has 1 aromatic heterocycles. The highest BCUT2D eigenvalue weighted by atomic mass is 35.5. The van der Waals surface area contributed by atoms with Crippen LogP contribution in [0.2, 0.25) is 10.0 Å². The van der Waals surface area contributed by atoms with Crippen molar-refractivity contribution in [2.45, 2.75) is 18.3 Å². The second-order valence-corrected chi connectivity index (χ2v) is 9.10. The number of thioether (sulfide) groups is 1. The maximum atomic E-state index is 6.13. The molecule has 0 radical (unpaired) electrons. The molecule has 4 rings (SSSR count). The van der Waals surface area contributed by atoms with E-state index in [1.165, 1.54) is 0 Å². The van der Waals surface area contributed by atoms with E-state index < -0.39 is 0 Å². The third kappa shape index (κ3) is 6.21. The van der Waals surface area contributed by atoms with Crippen molar-refractivity contribution in [3.63, 3.8) is 0 Å². The number of nitrogens with zero attached hydrogens (tertiary/aromatic N) is 4. The predicted octanol–water partition coefficient (Wildman–Crippen LogP) is 5.44. The Hall–Kier alpha value is -2.78. The lowest BCUT2D eigenvalue weighted by Crippen LogP contribution is -2.17. The van der Waals surface area contributed by atoms with E-state index >= 15 is 0 Å². The highest BCUT2D eigenvalue weighted by molar-refractivity contribution is 7.99. The summed E-state index contributed by atoms with van der Waals surface area (Å²) in [5.41, 5.74) is 2.85. The normalized spacial score (nSPS) is 10.9. The van der Waals surface area contributed by atoms with Gasteiger partial charge in [0.2, 0.25) is 5.16 Å². The van der Waals surface area contributed by atoms with Gasteiger partial charge in [0.25, 0.3) is 0 Å². The first kappa shape index (κ1) is 24.3. The highest BCUT2D eigenvalue weighted by Crippen LogP contribution is 2.32. The zero-order valence-corrected chi connectivity index (χ0v) is 20.8. The lowest BCUT2D eigenvalue weighted by Gasteiger charge is -2.16. The zero-order chi connectivity index (χ0) is 23.8. The van der Waals surface area contributed by atoms with Gasteiger partial charge in [-0.25, -0.2) is 0 Å². The molecule has 0 bridgehead atoms. The first-order valence-corrected chi connectivity index (χ1v) is 12.3. The number of tetrazole rings is 1. The summed E-state index contributed by atoms with van der Waals surface area (Å²) in [6.45, 7) is 1.73. The number of benzene rings is 3. The molecule has 1 heterocycles. The van der Waals surface area contributed by atoms with E-state index in [1.54, 1.807) is 35.7 Å². The lowest BCUT2D eigenvalue weighted by atomic mass is 10.1. The molecule has 0 amide bonds. The summed E-state index contributed by atoms with van der Waals surface area (Å²) in [5.74, 6) is 2.18. The second kappa shape index (κ2) is 12.1. The van der Waals surface area contributed by atoms with Gasteiger partial charge in [0, 0.05) is 24.4 Å². The minimum Gasteiger partial charge on any atom is -0.493 e. The van der Waals surface area contributed by atoms with Crippen molar-refractivity contribution in [3.05, 3.63) is 87.9 Å². The fourth-order valence-corrected chi connectivity index (χ4v) is 4.36. The standard InChI is InChI=1S/C24H23Cl2N5O2S/c1-32-22-9-5-6-18(23(22)33-16-17-10-11-20(25)21(26)14-17)15-27-12-13-34-24-28-29-30-31(24)19-7-3-2-4-8-19/h2-11,14,27H,12-13,15-16H2,1H3. The second-order valence-electron chi connectivity index (χ2n) is 7.22. The number of methoxy groups -OCH3 is 1. The van der Waals surface area contributed by atoms with Crippen LogP contribution in [0.4, 0.5) is 0 Å². The fraction of sp³-hybridized carbons (Fsp3) is 0.208. The number of aromatic nitrogens is 4. The van der Waals surface area contributed by atoms with Crippen molar-refractivity contribution in [2.75, 3.05) is 19.4 Å². The van der Waals surface area contributed by atoms with Crippen LogP contribution < -0.4 is 14.8 Å². The molecule has 0 aliphatic rings. The highest BCUT2D eigenvalue weighted by Gasteiger charge is 2.12. The van der Waals surface area contributed by atoms with Crippen LogP contribution in [0, 0.1) is 0 Å². The monoisotopic (exact) mass is 515 g/mol. The molecule has 7 nitrogen and oxygen atoms in total. The molecule has 0 unspecified atom stereocenters. The van der Waals surface area contributed by atoms with E-state index in [2.05, 4.69) is 20.8 Å². The predicted molar refractivity (Wildman–Crippen MR) is 135 cm³/mol. The molecular formula is C24H23Cl2N5O2S. The van der Waals surface area contributed by atoms with E-state index in [1.807, 2.05) is 54.6 Å². The van der Waals surface area contributed by atoms with Crippen LogP contribution in [0.5, 0.6) is 11.5 Å². The Balaban J connectivity index is 1.33. The average molecular weight is 516 g/mol. The molecule has 3 aromatic carbocycles. The fourth-order valence-electron chi connectivity index (χ4n) is 3.25. The van der Waals surface area contributed by atoms with Gasteiger partial charge in [-0.3, -0.25) is 0 Å². The summed E-state index contributed by atoms with van der Waals surface area (Å²) < 4.78 is 13.4. The van der Waals surface area contributed by atoms with Gasteiger partial charge in [-0.1, -0.05) is 71.4 Å². The molecule has 10 heteroatoms. The minimum absolute atomic E-state index is 0.349. The molecule has 0 saturated heterocycles. The van der Waals surface area contributed by atoms with Crippen LogP contribution in [0.1, 0.15) is 11.1 Å². The molecule has 0 spiro atoms. The van der Waals surface area contributed by atoms with Crippen LogP contribution >= 0.6 is 35.0 Å². The van der Waals surface area contributed by atoms with Crippen LogP contribution in [-0.2, 0) is 13.2 Å². The summed E-state index contributed by atoms with van der Waals surface area (Å²) in [7, 11) is 1.63. The SMILES string of the molecule is COc1cccc(CNCCSc2nnnn2-c2ccccc2)c1OCc1ccc(Cl)c(Cl)c1. The number of ether oxygens (including phenoxy) is 2. The quantitative estimate of drug-likeness (QED) is 0.210. The van der Waals surface area contributed by atoms with Crippen molar-refractivity contribution >= 4 is 35.0 Å². The van der Waals surface area contributed by atoms with Gasteiger partial charge in [-0.2, -0.15) is 4.68 Å². The first-order valence-electron chi connectivity index (χ1n) is 10.6. The summed E-state index contributed by atoms with van der Waals surface area (Å²) in [4.78, 5) is 0. The molecule has 1 N–H and O–H groups in total. The molecule has 4 aromatic rings. The summed E-state index contributed by atoms with van der Waals surface area (Å²) in [6.07, 6.45) is 0. The number of rotatable bonds is 11. The van der Waals surface area contributed by atoms with E-state index in [4.69, 9.17) is 32.7 Å². The summed E-state index contributed by atoms with van der Waals surface area (Å²) in [6, 6.07) is 21.1. The first-order chi connectivity index (χ1) is 16.7. The van der Waals surface area contributed by atoms with E-state index in [9.17, 15) is 0 Å². The Morgan fingerprint density at radius 2 is 1.85 bits per heavy atom. The minimum atomic E-state index is 0.349. The van der Waals surface area contributed by atoms with Crippen LogP contribution in [0.15, 0.2) is 71.9 Å². The van der Waals surface area contributed by atoms with Gasteiger partial charge < -0.3 is 14.8 Å². The van der Waals surface area contributed by atoms with Crippen molar-refractivity contribution in [1.29, 1.82) is 0 Å². The zero-order valence-electron chi connectivity index (χ0n) is 18.4. The topological polar surface area (TPSA) is 74.1 Å². The molecule has 0 fully saturated rings. The number of hydrogen-bond donors (Lipinski definition) is 1. The molecule has 0 aliphatic heterocycles. The molecular weight excluding hydrogens is 493 g/mol. The number of para-hydroxylation sites is 2. The Morgan fingerprint density at radius 3 is 2.65 bits per heavy atom. The van der Waals surface area contributed by atoms with Crippen molar-refractivity contribution < 1.29 is 9.47 Å². The van der Waals surface area contributed by atoms with Gasteiger partial charge in [0.05, 0.1) is 22.8 Å². The van der Waals surface area contributed by atoms with Crippen LogP contribution in [0.3, 0.4) is 0 Å². The van der Waals surface area contributed by atoms with Crippen molar-refractivity contribution in [2.24, 2.45) is 0 Å². The molecule has 176 valence electrons. The van der Waals surface area contributed by atoms with E-state index in [-0.39, 0.29) is 0 Å². The third-order valence-electron chi connectivity index (χ3n) is 4.91. The van der Waals surface area contributed by atoms with Crippen molar-refractivity contribution in [1.82, 2.24) is 25.5 Å². The Kier molecular flexibility index (Phi) is 8.65. The molecule has 34 heavy (non-hydrogen) atoms. The van der Waals surface area contributed by atoms with Gasteiger partial charge >= 0.3 is 0 Å². The average Bonchev–Trinajstić information content (AvgIpc) is 3.34. The number of nitrogens with one attached hydrogen (secondary N) is 1. The maximum Gasteiger partial charge on any atom is 0.214 e. The number of hydrogen-bond acceptors (Lipinski definition) is 7. The molecule has 0 aliphatic carbocycles. The summed E-state index contributed by atoms with van der Waals surface area (Å²) >= 11 is 13.7. The third-order valence-corrected chi connectivity index (χ3v) is 6.57. The summed E-state index contributed by atoms with van der Waals surface area (Å²) in [5, 5.41) is 17.3. The van der Waals surface area contributed by atoms with Gasteiger partial charge in [0.1, 0.15) is 6.61 Å². The van der Waals surface area contributed by atoms with E-state index in [0.29, 0.717) is 34.7 Å².